The zero-order valence-electron chi connectivity index (χ0n) is 16.8. The molecule has 2 atom stereocenters. The van der Waals surface area contributed by atoms with Gasteiger partial charge < -0.3 is 21.9 Å². The zero-order chi connectivity index (χ0) is 22.2. The number of rotatable bonds is 11. The first-order valence-electron chi connectivity index (χ1n) is 9.11. The summed E-state index contributed by atoms with van der Waals surface area (Å²) in [5, 5.41) is 11.7. The van der Waals surface area contributed by atoms with E-state index in [4.69, 9.17) is 11.5 Å². The molecule has 1 aromatic rings. The van der Waals surface area contributed by atoms with Crippen molar-refractivity contribution in [3.63, 3.8) is 0 Å². The molecule has 0 aliphatic carbocycles. The van der Waals surface area contributed by atoms with Gasteiger partial charge in [0, 0.05) is 6.54 Å². The number of amides is 1. The van der Waals surface area contributed by atoms with Gasteiger partial charge in [0.1, 0.15) is 12.1 Å². The van der Waals surface area contributed by atoms with Gasteiger partial charge in [-0.05, 0) is 37.8 Å². The number of nitrogens with one attached hydrogen (secondary N) is 2. The molecule has 0 bridgehead atoms. The Morgan fingerprint density at radius 3 is 2.24 bits per heavy atom. The molecule has 11 heteroatoms. The van der Waals surface area contributed by atoms with Crippen molar-refractivity contribution >= 4 is 27.9 Å². The van der Waals surface area contributed by atoms with E-state index in [0.29, 0.717) is 6.42 Å². The predicted octanol–water partition coefficient (Wildman–Crippen LogP) is -0.0791. The fourth-order valence-corrected chi connectivity index (χ4v) is 3.81. The molecule has 0 heterocycles. The monoisotopic (exact) mass is 427 g/mol. The van der Waals surface area contributed by atoms with Crippen LogP contribution in [-0.2, 0) is 19.6 Å². The molecule has 1 amide bonds. The molecule has 0 radical (unpaired) electrons. The number of aliphatic imine (C=N–C) groups is 1. The molecule has 1 rings (SSSR count). The topological polar surface area (TPSA) is 177 Å². The number of carboxylic acids is 1. The number of aliphatic carboxylic acids is 1. The number of hydrogen-bond acceptors (Lipinski definition) is 5. The number of benzene rings is 1. The Hall–Kier alpha value is -2.66. The Balaban J connectivity index is 2.88. The minimum Gasteiger partial charge on any atom is -0.480 e. The highest BCUT2D eigenvalue weighted by atomic mass is 32.2. The lowest BCUT2D eigenvalue weighted by atomic mass is 10.0. The van der Waals surface area contributed by atoms with Crippen molar-refractivity contribution in [3.8, 4) is 0 Å². The van der Waals surface area contributed by atoms with Gasteiger partial charge in [0.25, 0.3) is 0 Å². The Kier molecular flexibility index (Phi) is 9.05. The molecule has 162 valence electrons. The van der Waals surface area contributed by atoms with Crippen LogP contribution < -0.4 is 21.5 Å². The molecular formula is C18H29N5O5S. The third-order valence-electron chi connectivity index (χ3n) is 4.12. The summed E-state index contributed by atoms with van der Waals surface area (Å²) in [6, 6.07) is 3.85. The minimum absolute atomic E-state index is 0.0218. The maximum Gasteiger partial charge on any atom is 0.326 e. The first-order valence-corrected chi connectivity index (χ1v) is 10.6. The molecule has 10 nitrogen and oxygen atoms in total. The summed E-state index contributed by atoms with van der Waals surface area (Å²) in [7, 11) is -3.96. The van der Waals surface area contributed by atoms with Crippen LogP contribution in [0, 0.1) is 12.8 Å². The number of aryl methyl sites for hydroxylation is 1. The Morgan fingerprint density at radius 2 is 1.76 bits per heavy atom. The van der Waals surface area contributed by atoms with Gasteiger partial charge >= 0.3 is 5.97 Å². The number of sulfonamides is 1. The molecule has 0 spiro atoms. The lowest BCUT2D eigenvalue weighted by Gasteiger charge is -2.24. The molecule has 7 N–H and O–H groups in total. The van der Waals surface area contributed by atoms with E-state index in [1.54, 1.807) is 26.0 Å². The highest BCUT2D eigenvalue weighted by molar-refractivity contribution is 7.89. The van der Waals surface area contributed by atoms with Crippen molar-refractivity contribution in [1.29, 1.82) is 0 Å². The quantitative estimate of drug-likeness (QED) is 0.186. The Bertz CT molecular complexity index is 833. The van der Waals surface area contributed by atoms with E-state index in [2.05, 4.69) is 15.0 Å². The predicted molar refractivity (Wildman–Crippen MR) is 110 cm³/mol. The van der Waals surface area contributed by atoms with Crippen molar-refractivity contribution < 1.29 is 23.1 Å². The van der Waals surface area contributed by atoms with Gasteiger partial charge in [-0.3, -0.25) is 9.79 Å². The van der Waals surface area contributed by atoms with E-state index in [-0.39, 0.29) is 23.8 Å². The lowest BCUT2D eigenvalue weighted by molar-refractivity contribution is -0.142. The van der Waals surface area contributed by atoms with Crippen molar-refractivity contribution in [2.45, 2.75) is 50.6 Å². The highest BCUT2D eigenvalue weighted by Gasteiger charge is 2.31. The van der Waals surface area contributed by atoms with E-state index in [1.165, 1.54) is 12.1 Å². The second kappa shape index (κ2) is 10.8. The first-order chi connectivity index (χ1) is 13.4. The first kappa shape index (κ1) is 24.4. The highest BCUT2D eigenvalue weighted by Crippen LogP contribution is 2.13. The normalized spacial score (nSPS) is 13.5. The van der Waals surface area contributed by atoms with E-state index < -0.39 is 39.9 Å². The maximum absolute atomic E-state index is 12.6. The van der Waals surface area contributed by atoms with Crippen LogP contribution in [0.15, 0.2) is 34.2 Å². The molecule has 0 saturated carbocycles. The van der Waals surface area contributed by atoms with Crippen LogP contribution >= 0.6 is 0 Å². The van der Waals surface area contributed by atoms with Gasteiger partial charge in [-0.1, -0.05) is 31.5 Å². The van der Waals surface area contributed by atoms with E-state index in [1.807, 2.05) is 6.92 Å². The molecule has 1 unspecified atom stereocenters. The number of nitrogens with two attached hydrogens (primary N) is 2. The summed E-state index contributed by atoms with van der Waals surface area (Å²) < 4.78 is 27.6. The average Bonchev–Trinajstić information content (AvgIpc) is 2.61. The number of carboxylic acid groups (broad SMARTS) is 1. The van der Waals surface area contributed by atoms with E-state index in [9.17, 15) is 23.1 Å². The Morgan fingerprint density at radius 1 is 1.17 bits per heavy atom. The summed E-state index contributed by atoms with van der Waals surface area (Å²) in [6.45, 7) is 5.37. The molecule has 0 fully saturated rings. The van der Waals surface area contributed by atoms with Crippen LogP contribution in [0.1, 0.15) is 32.3 Å². The third kappa shape index (κ3) is 8.08. The van der Waals surface area contributed by atoms with Gasteiger partial charge in [0.15, 0.2) is 5.96 Å². The maximum atomic E-state index is 12.6. The van der Waals surface area contributed by atoms with Gasteiger partial charge in [0.05, 0.1) is 4.90 Å². The van der Waals surface area contributed by atoms with Crippen LogP contribution in [0.4, 0.5) is 0 Å². The smallest absolute Gasteiger partial charge is 0.326 e. The van der Waals surface area contributed by atoms with Crippen LogP contribution in [-0.4, -0.2) is 50.0 Å². The van der Waals surface area contributed by atoms with E-state index >= 15 is 0 Å². The van der Waals surface area contributed by atoms with Crippen molar-refractivity contribution in [3.05, 3.63) is 29.8 Å². The van der Waals surface area contributed by atoms with Gasteiger partial charge in [0.2, 0.25) is 15.9 Å². The number of hydrogen-bond donors (Lipinski definition) is 5. The molecular weight excluding hydrogens is 398 g/mol. The van der Waals surface area contributed by atoms with E-state index in [0.717, 1.165) is 5.56 Å². The third-order valence-corrected chi connectivity index (χ3v) is 5.58. The lowest BCUT2D eigenvalue weighted by Crippen LogP contribution is -2.53. The molecule has 0 saturated heterocycles. The second-order valence-electron chi connectivity index (χ2n) is 7.00. The minimum atomic E-state index is -3.96. The van der Waals surface area contributed by atoms with Gasteiger partial charge in [-0.25, -0.2) is 13.2 Å². The van der Waals surface area contributed by atoms with Crippen molar-refractivity contribution in [1.82, 2.24) is 10.0 Å². The molecule has 0 aliphatic heterocycles. The van der Waals surface area contributed by atoms with Crippen LogP contribution in [0.5, 0.6) is 0 Å². The molecule has 1 aromatic carbocycles. The summed E-state index contributed by atoms with van der Waals surface area (Å²) in [5.41, 5.74) is 11.3. The fraction of sp³-hybridized carbons (Fsp3) is 0.500. The van der Waals surface area contributed by atoms with Gasteiger partial charge in [-0.15, -0.1) is 0 Å². The van der Waals surface area contributed by atoms with Gasteiger partial charge in [-0.2, -0.15) is 4.72 Å². The molecule has 0 aliphatic rings. The summed E-state index contributed by atoms with van der Waals surface area (Å²) in [5.74, 6) is -2.46. The fourth-order valence-electron chi connectivity index (χ4n) is 2.47. The average molecular weight is 428 g/mol. The van der Waals surface area contributed by atoms with Crippen LogP contribution in [0.25, 0.3) is 0 Å². The van der Waals surface area contributed by atoms with Crippen molar-refractivity contribution in [2.24, 2.45) is 22.4 Å². The standard InChI is InChI=1S/C18H29N5O5S/c1-11(2)15(23-29(27,28)13-8-6-12(3)7-9-13)16(24)22-14(17(25)26)5-4-10-21-18(19)20/h6-9,11,14-15,23H,4-5,10H2,1-3H3,(H,22,24)(H,25,26)(H4,19,20,21)/t14-,15?/m1/s1. The van der Waals surface area contributed by atoms with Crippen LogP contribution in [0.2, 0.25) is 0 Å². The summed E-state index contributed by atoms with van der Waals surface area (Å²) in [6.07, 6.45) is 0.421. The second-order valence-corrected chi connectivity index (χ2v) is 8.72. The van der Waals surface area contributed by atoms with Crippen molar-refractivity contribution in [2.75, 3.05) is 6.54 Å². The molecule has 0 aromatic heterocycles. The number of nitrogens with zero attached hydrogens (tertiary/aromatic N) is 1. The summed E-state index contributed by atoms with van der Waals surface area (Å²) >= 11 is 0. The number of guanidine groups is 1. The number of carbonyl (C=O) groups is 2. The Labute approximate surface area is 170 Å². The number of carbonyl (C=O) groups excluding carboxylic acids is 1. The SMILES string of the molecule is Cc1ccc(S(=O)(=O)NC(C(=O)N[C@H](CCCN=C(N)N)C(=O)O)C(C)C)cc1. The largest absolute Gasteiger partial charge is 0.480 e. The molecule has 29 heavy (non-hydrogen) atoms. The zero-order valence-corrected chi connectivity index (χ0v) is 17.6. The summed E-state index contributed by atoms with van der Waals surface area (Å²) in [4.78, 5) is 27.9. The van der Waals surface area contributed by atoms with Crippen LogP contribution in [0.3, 0.4) is 0 Å².